The van der Waals surface area contributed by atoms with Gasteiger partial charge in [-0.25, -0.2) is 4.98 Å². The van der Waals surface area contributed by atoms with E-state index < -0.39 is 17.8 Å². The van der Waals surface area contributed by atoms with Crippen molar-refractivity contribution in [3.63, 3.8) is 0 Å². The minimum absolute atomic E-state index is 0.222. The Bertz CT molecular complexity index is 638. The van der Waals surface area contributed by atoms with E-state index in [1.807, 2.05) is 0 Å². The summed E-state index contributed by atoms with van der Waals surface area (Å²) in [6.45, 7) is 1.64. The molecule has 2 aromatic rings. The number of nitrogens with one attached hydrogen (secondary N) is 2. The molecule has 1 atom stereocenters. The van der Waals surface area contributed by atoms with Crippen LogP contribution >= 0.6 is 11.3 Å². The molecule has 1 aromatic heterocycles. The van der Waals surface area contributed by atoms with E-state index in [9.17, 15) is 18.0 Å². The van der Waals surface area contributed by atoms with Gasteiger partial charge < -0.3 is 10.6 Å². The Morgan fingerprint density at radius 3 is 2.70 bits per heavy atom. The van der Waals surface area contributed by atoms with Crippen molar-refractivity contribution in [2.75, 3.05) is 12.4 Å². The van der Waals surface area contributed by atoms with Crippen LogP contribution in [0.2, 0.25) is 0 Å². The summed E-state index contributed by atoms with van der Waals surface area (Å²) in [7, 11) is 1.51. The number of halogens is 3. The zero-order valence-corrected chi connectivity index (χ0v) is 11.5. The van der Waals surface area contributed by atoms with Crippen LogP contribution in [-0.2, 0) is 11.0 Å². The predicted octanol–water partition coefficient (Wildman–Crippen LogP) is 2.86. The molecule has 1 unspecified atom stereocenters. The first-order valence-corrected chi connectivity index (χ1v) is 6.59. The van der Waals surface area contributed by atoms with E-state index in [-0.39, 0.29) is 11.4 Å². The topological polar surface area (TPSA) is 54.0 Å². The minimum Gasteiger partial charge on any atom is -0.357 e. The van der Waals surface area contributed by atoms with Crippen LogP contribution < -0.4 is 10.6 Å². The molecular formula is C12H12F3N3OS. The molecule has 8 heteroatoms. The number of amides is 1. The van der Waals surface area contributed by atoms with Crippen molar-refractivity contribution < 1.29 is 18.0 Å². The van der Waals surface area contributed by atoms with E-state index in [1.54, 1.807) is 6.92 Å². The Hall–Kier alpha value is -1.83. The van der Waals surface area contributed by atoms with Crippen molar-refractivity contribution in [3.8, 4) is 0 Å². The maximum atomic E-state index is 12.6. The van der Waals surface area contributed by atoms with Gasteiger partial charge in [-0.05, 0) is 25.1 Å². The largest absolute Gasteiger partial charge is 0.416 e. The van der Waals surface area contributed by atoms with Crippen LogP contribution in [-0.4, -0.2) is 24.0 Å². The van der Waals surface area contributed by atoms with Gasteiger partial charge in [-0.2, -0.15) is 13.2 Å². The molecule has 108 valence electrons. The van der Waals surface area contributed by atoms with Crippen LogP contribution in [0.5, 0.6) is 0 Å². The van der Waals surface area contributed by atoms with Gasteiger partial charge in [-0.15, -0.1) is 0 Å². The SMILES string of the molecule is CNC(=O)C(C)Nc1nc2cc(C(F)(F)F)ccc2s1. The van der Waals surface area contributed by atoms with Gasteiger partial charge in [-0.3, -0.25) is 4.79 Å². The quantitative estimate of drug-likeness (QED) is 0.917. The van der Waals surface area contributed by atoms with Crippen molar-refractivity contribution in [3.05, 3.63) is 23.8 Å². The summed E-state index contributed by atoms with van der Waals surface area (Å²) in [6, 6.07) is 2.89. The molecular weight excluding hydrogens is 291 g/mol. The average Bonchev–Trinajstić information content (AvgIpc) is 2.77. The van der Waals surface area contributed by atoms with Gasteiger partial charge in [0.05, 0.1) is 15.8 Å². The second-order valence-electron chi connectivity index (χ2n) is 4.18. The Morgan fingerprint density at radius 1 is 1.40 bits per heavy atom. The lowest BCUT2D eigenvalue weighted by atomic mass is 10.2. The summed E-state index contributed by atoms with van der Waals surface area (Å²) >= 11 is 1.20. The Balaban J connectivity index is 2.28. The van der Waals surface area contributed by atoms with Crippen molar-refractivity contribution in [1.29, 1.82) is 0 Å². The molecule has 0 aliphatic carbocycles. The number of thiazole rings is 1. The summed E-state index contributed by atoms with van der Waals surface area (Å²) in [4.78, 5) is 15.4. The molecule has 1 aromatic carbocycles. The molecule has 0 saturated heterocycles. The molecule has 0 bridgehead atoms. The van der Waals surface area contributed by atoms with Gasteiger partial charge >= 0.3 is 6.18 Å². The third-order valence-electron chi connectivity index (χ3n) is 2.69. The summed E-state index contributed by atoms with van der Waals surface area (Å²) in [5, 5.41) is 5.74. The fourth-order valence-electron chi connectivity index (χ4n) is 1.63. The number of likely N-dealkylation sites (N-methyl/N-ethyl adjacent to an activating group) is 1. The summed E-state index contributed by atoms with van der Waals surface area (Å²) in [5.74, 6) is -0.222. The highest BCUT2D eigenvalue weighted by Gasteiger charge is 2.30. The monoisotopic (exact) mass is 303 g/mol. The molecule has 20 heavy (non-hydrogen) atoms. The van der Waals surface area contributed by atoms with Crippen molar-refractivity contribution in [1.82, 2.24) is 10.3 Å². The molecule has 0 aliphatic heterocycles. The number of hydrogen-bond acceptors (Lipinski definition) is 4. The number of fused-ring (bicyclic) bond motifs is 1. The first-order valence-electron chi connectivity index (χ1n) is 5.77. The third-order valence-corrected chi connectivity index (χ3v) is 3.66. The standard InChI is InChI=1S/C12H12F3N3OS/c1-6(10(19)16-2)17-11-18-8-5-7(12(13,14)15)3-4-9(8)20-11/h3-6H,1-2H3,(H,16,19)(H,17,18). The molecule has 0 spiro atoms. The second-order valence-corrected chi connectivity index (χ2v) is 5.21. The van der Waals surface area contributed by atoms with E-state index in [0.717, 1.165) is 12.1 Å². The summed E-state index contributed by atoms with van der Waals surface area (Å²) < 4.78 is 38.4. The van der Waals surface area contributed by atoms with Crippen LogP contribution in [0.4, 0.5) is 18.3 Å². The smallest absolute Gasteiger partial charge is 0.357 e. The van der Waals surface area contributed by atoms with E-state index in [0.29, 0.717) is 9.83 Å². The number of benzene rings is 1. The van der Waals surface area contributed by atoms with E-state index in [4.69, 9.17) is 0 Å². The molecule has 0 saturated carbocycles. The predicted molar refractivity (Wildman–Crippen MR) is 71.8 cm³/mol. The molecule has 2 N–H and O–H groups in total. The molecule has 4 nitrogen and oxygen atoms in total. The number of carbonyl (C=O) groups is 1. The number of aromatic nitrogens is 1. The third kappa shape index (κ3) is 3.01. The number of rotatable bonds is 3. The molecule has 0 radical (unpaired) electrons. The van der Waals surface area contributed by atoms with Gasteiger partial charge in [0.25, 0.3) is 0 Å². The average molecular weight is 303 g/mol. The lowest BCUT2D eigenvalue weighted by Crippen LogP contribution is -2.35. The summed E-state index contributed by atoms with van der Waals surface area (Å²) in [5.41, 5.74) is -0.474. The lowest BCUT2D eigenvalue weighted by Gasteiger charge is -2.10. The van der Waals surface area contributed by atoms with Crippen molar-refractivity contribution in [2.24, 2.45) is 0 Å². The zero-order valence-electron chi connectivity index (χ0n) is 10.7. The molecule has 1 heterocycles. The number of hydrogen-bond donors (Lipinski definition) is 2. The Morgan fingerprint density at radius 2 is 2.10 bits per heavy atom. The molecule has 1 amide bonds. The first-order chi connectivity index (χ1) is 9.31. The van der Waals surface area contributed by atoms with Gasteiger partial charge in [-0.1, -0.05) is 11.3 Å². The van der Waals surface area contributed by atoms with Crippen LogP contribution in [0.1, 0.15) is 12.5 Å². The molecule has 0 fully saturated rings. The van der Waals surface area contributed by atoms with E-state index in [2.05, 4.69) is 15.6 Å². The highest BCUT2D eigenvalue weighted by Crippen LogP contribution is 2.34. The van der Waals surface area contributed by atoms with Crippen LogP contribution in [0, 0.1) is 0 Å². The maximum absolute atomic E-state index is 12.6. The van der Waals surface area contributed by atoms with Crippen LogP contribution in [0.25, 0.3) is 10.2 Å². The number of nitrogens with zero attached hydrogens (tertiary/aromatic N) is 1. The van der Waals surface area contributed by atoms with Crippen LogP contribution in [0.3, 0.4) is 0 Å². The lowest BCUT2D eigenvalue weighted by molar-refractivity contribution is -0.137. The summed E-state index contributed by atoms with van der Waals surface area (Å²) in [6.07, 6.45) is -4.39. The normalized spacial score (nSPS) is 13.2. The van der Waals surface area contributed by atoms with Gasteiger partial charge in [0.1, 0.15) is 6.04 Å². The maximum Gasteiger partial charge on any atom is 0.416 e. The second kappa shape index (κ2) is 5.28. The van der Waals surface area contributed by atoms with Gasteiger partial charge in [0.15, 0.2) is 5.13 Å². The van der Waals surface area contributed by atoms with Gasteiger partial charge in [0.2, 0.25) is 5.91 Å². The van der Waals surface area contributed by atoms with E-state index >= 15 is 0 Å². The highest BCUT2D eigenvalue weighted by molar-refractivity contribution is 7.22. The Kier molecular flexibility index (Phi) is 3.85. The fourth-order valence-corrected chi connectivity index (χ4v) is 2.57. The number of anilines is 1. The molecule has 0 aliphatic rings. The van der Waals surface area contributed by atoms with Crippen molar-refractivity contribution in [2.45, 2.75) is 19.1 Å². The Labute approximate surface area is 117 Å². The number of carbonyl (C=O) groups excluding carboxylic acids is 1. The molecule has 2 rings (SSSR count). The highest BCUT2D eigenvalue weighted by atomic mass is 32.1. The number of alkyl halides is 3. The zero-order chi connectivity index (χ0) is 14.9. The van der Waals surface area contributed by atoms with E-state index in [1.165, 1.54) is 24.5 Å². The minimum atomic E-state index is -4.39. The first kappa shape index (κ1) is 14.6. The van der Waals surface area contributed by atoms with Crippen LogP contribution in [0.15, 0.2) is 18.2 Å². The van der Waals surface area contributed by atoms with Crippen molar-refractivity contribution >= 4 is 32.6 Å². The van der Waals surface area contributed by atoms with Gasteiger partial charge in [0, 0.05) is 7.05 Å². The fraction of sp³-hybridized carbons (Fsp3) is 0.333.